The Morgan fingerprint density at radius 1 is 1.25 bits per heavy atom. The van der Waals surface area contributed by atoms with Gasteiger partial charge in [-0.05, 0) is 24.1 Å². The van der Waals surface area contributed by atoms with Gasteiger partial charge in [-0.3, -0.25) is 0 Å². The summed E-state index contributed by atoms with van der Waals surface area (Å²) >= 11 is 0. The molecule has 0 aromatic heterocycles. The maximum Gasteiger partial charge on any atom is 0.0865 e. The van der Waals surface area contributed by atoms with Gasteiger partial charge in [0.15, 0.2) is 0 Å². The van der Waals surface area contributed by atoms with Crippen molar-refractivity contribution in [3.8, 4) is 0 Å². The fourth-order valence-electron chi connectivity index (χ4n) is 2.63. The van der Waals surface area contributed by atoms with Crippen molar-refractivity contribution in [2.75, 3.05) is 31.7 Å². The molecule has 1 saturated heterocycles. The second-order valence-corrected chi connectivity index (χ2v) is 5.71. The molecule has 0 radical (unpaired) electrons. The van der Waals surface area contributed by atoms with Gasteiger partial charge in [0.1, 0.15) is 0 Å². The predicted octanol–water partition coefficient (Wildman–Crippen LogP) is 2.11. The topological polar surface area (TPSA) is 52.9 Å². The number of anilines is 1. The van der Waals surface area contributed by atoms with E-state index in [1.54, 1.807) is 0 Å². The first-order valence-electron chi connectivity index (χ1n) is 7.33. The van der Waals surface area contributed by atoms with E-state index in [-0.39, 0.29) is 0 Å². The van der Waals surface area contributed by atoms with Gasteiger partial charge in [0, 0.05) is 45.3 Å². The molecule has 4 nitrogen and oxygen atoms in total. The molecule has 1 heterocycles. The molecule has 112 valence electrons. The lowest BCUT2D eigenvalue weighted by Gasteiger charge is -2.36. The minimum Gasteiger partial charge on any atom is -0.388 e. The second-order valence-electron chi connectivity index (χ2n) is 5.71. The third-order valence-corrected chi connectivity index (χ3v) is 4.06. The van der Waals surface area contributed by atoms with Gasteiger partial charge in [-0.25, -0.2) is 0 Å². The number of likely N-dealkylation sites (N-methyl/N-ethyl adjacent to an activating group) is 1. The average molecular weight is 279 g/mol. The number of benzene rings is 1. The van der Waals surface area contributed by atoms with Crippen LogP contribution in [0.15, 0.2) is 24.3 Å². The van der Waals surface area contributed by atoms with Gasteiger partial charge in [0.25, 0.3) is 0 Å². The minimum absolute atomic E-state index is 0.394. The van der Waals surface area contributed by atoms with Crippen LogP contribution in [0, 0.1) is 0 Å². The lowest BCUT2D eigenvalue weighted by molar-refractivity contribution is -0.0572. The van der Waals surface area contributed by atoms with E-state index in [0.717, 1.165) is 17.7 Å². The normalized spacial score (nSPS) is 19.6. The minimum atomic E-state index is -0.658. The number of nitrogens with zero attached hydrogens (tertiary/aromatic N) is 1. The van der Waals surface area contributed by atoms with Crippen molar-refractivity contribution in [3.05, 3.63) is 29.8 Å². The largest absolute Gasteiger partial charge is 0.388 e. The van der Waals surface area contributed by atoms with E-state index < -0.39 is 11.7 Å². The molecule has 1 fully saturated rings. The highest BCUT2D eigenvalue weighted by atomic mass is 16.5. The van der Waals surface area contributed by atoms with Gasteiger partial charge < -0.3 is 19.8 Å². The van der Waals surface area contributed by atoms with E-state index >= 15 is 0 Å². The van der Waals surface area contributed by atoms with Crippen molar-refractivity contribution in [1.29, 1.82) is 0 Å². The average Bonchev–Trinajstić information content (AvgIpc) is 2.47. The van der Waals surface area contributed by atoms with E-state index in [9.17, 15) is 10.2 Å². The molecule has 0 bridgehead atoms. The molecule has 1 aromatic rings. The summed E-state index contributed by atoms with van der Waals surface area (Å²) in [7, 11) is 1.98. The van der Waals surface area contributed by atoms with Crippen LogP contribution in [0.1, 0.15) is 37.9 Å². The van der Waals surface area contributed by atoms with Crippen LogP contribution in [0.2, 0.25) is 0 Å². The van der Waals surface area contributed by atoms with Gasteiger partial charge in [-0.2, -0.15) is 0 Å². The molecule has 1 aromatic carbocycles. The third kappa shape index (κ3) is 3.72. The number of ether oxygens (including phenoxy) is 1. The standard InChI is InChI=1S/C16H25NO3/c1-3-15(18)13-4-6-14(7-5-13)17(2)12-16(19)8-10-20-11-9-16/h4-7,15,18-19H,3,8-12H2,1-2H3/t15-/m1/s1. The van der Waals surface area contributed by atoms with Gasteiger partial charge in [0.2, 0.25) is 0 Å². The number of hydrogen-bond donors (Lipinski definition) is 2. The van der Waals surface area contributed by atoms with Crippen LogP contribution >= 0.6 is 0 Å². The van der Waals surface area contributed by atoms with Crippen LogP contribution in [0.3, 0.4) is 0 Å². The molecule has 2 N–H and O–H groups in total. The van der Waals surface area contributed by atoms with Crippen molar-refractivity contribution < 1.29 is 14.9 Å². The first kappa shape index (κ1) is 15.3. The zero-order valence-electron chi connectivity index (χ0n) is 12.4. The number of rotatable bonds is 5. The lowest BCUT2D eigenvalue weighted by Crippen LogP contribution is -2.45. The number of aliphatic hydroxyl groups excluding tert-OH is 1. The van der Waals surface area contributed by atoms with Crippen LogP contribution in [0.5, 0.6) is 0 Å². The molecule has 0 spiro atoms. The Kier molecular flexibility index (Phi) is 5.02. The molecule has 4 heteroatoms. The highest BCUT2D eigenvalue weighted by Gasteiger charge is 2.31. The molecule has 0 aliphatic carbocycles. The fourth-order valence-corrected chi connectivity index (χ4v) is 2.63. The molecule has 1 atom stereocenters. The smallest absolute Gasteiger partial charge is 0.0865 e. The molecule has 0 amide bonds. The molecule has 2 rings (SSSR count). The molecule has 1 aliphatic heterocycles. The van der Waals surface area contributed by atoms with Crippen molar-refractivity contribution in [1.82, 2.24) is 0 Å². The zero-order valence-corrected chi connectivity index (χ0v) is 12.4. The predicted molar refractivity (Wildman–Crippen MR) is 80.0 cm³/mol. The Bertz CT molecular complexity index is 412. The Balaban J connectivity index is 2.00. The van der Waals surface area contributed by atoms with Crippen LogP contribution in [-0.2, 0) is 4.74 Å². The van der Waals surface area contributed by atoms with Crippen LogP contribution in [0.4, 0.5) is 5.69 Å². The van der Waals surface area contributed by atoms with E-state index in [0.29, 0.717) is 32.6 Å². The van der Waals surface area contributed by atoms with Gasteiger partial charge >= 0.3 is 0 Å². The Labute approximate surface area is 121 Å². The molecular formula is C16H25NO3. The first-order valence-corrected chi connectivity index (χ1v) is 7.33. The van der Waals surface area contributed by atoms with E-state index in [2.05, 4.69) is 4.90 Å². The lowest BCUT2D eigenvalue weighted by atomic mass is 9.93. The molecule has 20 heavy (non-hydrogen) atoms. The Hall–Kier alpha value is -1.10. The van der Waals surface area contributed by atoms with Gasteiger partial charge in [0.05, 0.1) is 11.7 Å². The summed E-state index contributed by atoms with van der Waals surface area (Å²) < 4.78 is 5.30. The summed E-state index contributed by atoms with van der Waals surface area (Å²) in [6.45, 7) is 3.83. The van der Waals surface area contributed by atoms with Crippen molar-refractivity contribution in [2.45, 2.75) is 37.9 Å². The maximum absolute atomic E-state index is 10.5. The van der Waals surface area contributed by atoms with Crippen molar-refractivity contribution in [3.63, 3.8) is 0 Å². The number of hydrogen-bond acceptors (Lipinski definition) is 4. The molecule has 0 unspecified atom stereocenters. The highest BCUT2D eigenvalue weighted by Crippen LogP contribution is 2.25. The van der Waals surface area contributed by atoms with E-state index in [1.165, 1.54) is 0 Å². The highest BCUT2D eigenvalue weighted by molar-refractivity contribution is 5.47. The third-order valence-electron chi connectivity index (χ3n) is 4.06. The summed E-state index contributed by atoms with van der Waals surface area (Å²) in [5.41, 5.74) is 1.33. The summed E-state index contributed by atoms with van der Waals surface area (Å²) in [4.78, 5) is 2.06. The SMILES string of the molecule is CC[C@@H](O)c1ccc(N(C)CC2(O)CCOCC2)cc1. The van der Waals surface area contributed by atoms with E-state index in [1.807, 2.05) is 38.2 Å². The van der Waals surface area contributed by atoms with Crippen molar-refractivity contribution >= 4 is 5.69 Å². The summed E-state index contributed by atoms with van der Waals surface area (Å²) in [6, 6.07) is 7.90. The summed E-state index contributed by atoms with van der Waals surface area (Å²) in [5, 5.41) is 20.3. The van der Waals surface area contributed by atoms with Crippen LogP contribution < -0.4 is 4.90 Å². The first-order chi connectivity index (χ1) is 9.54. The van der Waals surface area contributed by atoms with Crippen LogP contribution in [0.25, 0.3) is 0 Å². The maximum atomic E-state index is 10.5. The molecule has 1 aliphatic rings. The fraction of sp³-hybridized carbons (Fsp3) is 0.625. The summed E-state index contributed by atoms with van der Waals surface area (Å²) in [5.74, 6) is 0. The molecule has 0 saturated carbocycles. The Morgan fingerprint density at radius 2 is 1.85 bits per heavy atom. The van der Waals surface area contributed by atoms with Crippen LogP contribution in [-0.4, -0.2) is 42.6 Å². The zero-order chi connectivity index (χ0) is 14.6. The van der Waals surface area contributed by atoms with Crippen molar-refractivity contribution in [2.24, 2.45) is 0 Å². The van der Waals surface area contributed by atoms with Gasteiger partial charge in [-0.15, -0.1) is 0 Å². The monoisotopic (exact) mass is 279 g/mol. The second kappa shape index (κ2) is 6.57. The van der Waals surface area contributed by atoms with Gasteiger partial charge in [-0.1, -0.05) is 19.1 Å². The molecular weight excluding hydrogens is 254 g/mol. The quantitative estimate of drug-likeness (QED) is 0.867. The number of aliphatic hydroxyl groups is 2. The van der Waals surface area contributed by atoms with E-state index in [4.69, 9.17) is 4.74 Å². The Morgan fingerprint density at radius 3 is 2.40 bits per heavy atom. The summed E-state index contributed by atoms with van der Waals surface area (Å²) in [6.07, 6.45) is 1.69.